The van der Waals surface area contributed by atoms with Crippen molar-refractivity contribution in [1.82, 2.24) is 0 Å². The van der Waals surface area contributed by atoms with Gasteiger partial charge >= 0.3 is 6.18 Å². The minimum atomic E-state index is -4.35. The minimum Gasteiger partial charge on any atom is -0.489 e. The maximum absolute atomic E-state index is 12.1. The lowest BCUT2D eigenvalue weighted by Gasteiger charge is -2.14. The molecule has 1 aromatic carbocycles. The van der Waals surface area contributed by atoms with Crippen molar-refractivity contribution >= 4 is 15.9 Å². The van der Waals surface area contributed by atoms with Gasteiger partial charge in [-0.05, 0) is 37.0 Å². The van der Waals surface area contributed by atoms with Crippen molar-refractivity contribution in [2.45, 2.75) is 19.0 Å². The van der Waals surface area contributed by atoms with Gasteiger partial charge in [0, 0.05) is 4.47 Å². The molecule has 1 aliphatic carbocycles. The lowest BCUT2D eigenvalue weighted by Crippen LogP contribution is -2.19. The Labute approximate surface area is 111 Å². The van der Waals surface area contributed by atoms with Crippen molar-refractivity contribution in [2.75, 3.05) is 13.2 Å². The van der Waals surface area contributed by atoms with Crippen LogP contribution in [-0.4, -0.2) is 19.4 Å². The third kappa shape index (κ3) is 4.40. The van der Waals surface area contributed by atoms with Crippen LogP contribution in [0.1, 0.15) is 12.8 Å². The lowest BCUT2D eigenvalue weighted by molar-refractivity contribution is -0.153. The molecule has 2 nitrogen and oxygen atoms in total. The number of alkyl halides is 3. The predicted octanol–water partition coefficient (Wildman–Crippen LogP) is 4.18. The molecular formula is C12H12BrF3O2. The van der Waals surface area contributed by atoms with Crippen LogP contribution in [0.5, 0.6) is 11.5 Å². The van der Waals surface area contributed by atoms with Gasteiger partial charge < -0.3 is 9.47 Å². The molecule has 6 heteroatoms. The van der Waals surface area contributed by atoms with Gasteiger partial charge in [-0.3, -0.25) is 0 Å². The second-order valence-electron chi connectivity index (χ2n) is 4.25. The van der Waals surface area contributed by atoms with Gasteiger partial charge in [0.05, 0.1) is 6.61 Å². The Morgan fingerprint density at radius 2 is 1.89 bits per heavy atom. The van der Waals surface area contributed by atoms with Crippen LogP contribution in [-0.2, 0) is 0 Å². The van der Waals surface area contributed by atoms with Crippen LogP contribution in [0, 0.1) is 5.92 Å². The topological polar surface area (TPSA) is 18.5 Å². The highest BCUT2D eigenvalue weighted by Gasteiger charge is 2.29. The summed E-state index contributed by atoms with van der Waals surface area (Å²) in [5, 5.41) is 0. The lowest BCUT2D eigenvalue weighted by atomic mass is 10.3. The minimum absolute atomic E-state index is 0.113. The van der Waals surface area contributed by atoms with E-state index < -0.39 is 12.8 Å². The van der Waals surface area contributed by atoms with Crippen LogP contribution in [0.4, 0.5) is 13.2 Å². The molecule has 100 valence electrons. The average molecular weight is 325 g/mol. The maximum atomic E-state index is 12.1. The SMILES string of the molecule is FC(F)(F)COc1cc(Br)ccc1OCC1CC1. The molecule has 0 atom stereocenters. The first kappa shape index (κ1) is 13.5. The summed E-state index contributed by atoms with van der Waals surface area (Å²) in [6.07, 6.45) is -2.11. The molecule has 0 heterocycles. The molecule has 0 aromatic heterocycles. The van der Waals surface area contributed by atoms with E-state index in [0.29, 0.717) is 22.7 Å². The van der Waals surface area contributed by atoms with Crippen LogP contribution >= 0.6 is 15.9 Å². The first-order chi connectivity index (χ1) is 8.44. The van der Waals surface area contributed by atoms with Crippen LogP contribution in [0.25, 0.3) is 0 Å². The summed E-state index contributed by atoms with van der Waals surface area (Å²) in [6, 6.07) is 4.80. The molecule has 0 N–H and O–H groups in total. The number of ether oxygens (including phenoxy) is 2. The van der Waals surface area contributed by atoms with Crippen molar-refractivity contribution in [3.8, 4) is 11.5 Å². The molecular weight excluding hydrogens is 313 g/mol. The van der Waals surface area contributed by atoms with Gasteiger partial charge in [-0.2, -0.15) is 13.2 Å². The van der Waals surface area contributed by atoms with Gasteiger partial charge in [-0.15, -0.1) is 0 Å². The average Bonchev–Trinajstić information content (AvgIpc) is 3.08. The van der Waals surface area contributed by atoms with E-state index in [2.05, 4.69) is 15.9 Å². The van der Waals surface area contributed by atoms with Gasteiger partial charge in [-0.1, -0.05) is 15.9 Å². The van der Waals surface area contributed by atoms with E-state index in [-0.39, 0.29) is 5.75 Å². The maximum Gasteiger partial charge on any atom is 0.422 e. The summed E-state index contributed by atoms with van der Waals surface area (Å²) >= 11 is 3.19. The standard InChI is InChI=1S/C12H12BrF3O2/c13-9-3-4-10(17-6-8-1-2-8)11(5-9)18-7-12(14,15)16/h3-5,8H,1-2,6-7H2. The molecule has 0 saturated heterocycles. The fourth-order valence-electron chi connectivity index (χ4n) is 1.37. The summed E-state index contributed by atoms with van der Waals surface area (Å²) in [5.74, 6) is 1.00. The quantitative estimate of drug-likeness (QED) is 0.809. The fraction of sp³-hybridized carbons (Fsp3) is 0.500. The van der Waals surface area contributed by atoms with Gasteiger partial charge in [-0.25, -0.2) is 0 Å². The zero-order valence-corrected chi connectivity index (χ0v) is 11.1. The molecule has 1 fully saturated rings. The summed E-state index contributed by atoms with van der Waals surface area (Å²) in [6.45, 7) is -0.784. The highest BCUT2D eigenvalue weighted by molar-refractivity contribution is 9.10. The second kappa shape index (κ2) is 5.38. The zero-order valence-electron chi connectivity index (χ0n) is 9.47. The van der Waals surface area contributed by atoms with Gasteiger partial charge in [0.15, 0.2) is 18.1 Å². The Balaban J connectivity index is 2.02. The molecule has 0 spiro atoms. The number of benzene rings is 1. The molecule has 0 radical (unpaired) electrons. The summed E-state index contributed by atoms with van der Waals surface area (Å²) in [7, 11) is 0. The van der Waals surface area contributed by atoms with Crippen molar-refractivity contribution < 1.29 is 22.6 Å². The highest BCUT2D eigenvalue weighted by atomic mass is 79.9. The molecule has 1 aromatic rings. The Morgan fingerprint density at radius 1 is 1.17 bits per heavy atom. The van der Waals surface area contributed by atoms with Crippen LogP contribution in [0.3, 0.4) is 0 Å². The van der Waals surface area contributed by atoms with E-state index in [4.69, 9.17) is 9.47 Å². The largest absolute Gasteiger partial charge is 0.489 e. The Kier molecular flexibility index (Phi) is 4.04. The van der Waals surface area contributed by atoms with Crippen LogP contribution < -0.4 is 9.47 Å². The molecule has 18 heavy (non-hydrogen) atoms. The third-order valence-electron chi connectivity index (χ3n) is 2.47. The number of hydrogen-bond donors (Lipinski definition) is 0. The first-order valence-corrected chi connectivity index (χ1v) is 6.35. The molecule has 0 bridgehead atoms. The number of rotatable bonds is 5. The molecule has 0 amide bonds. The predicted molar refractivity (Wildman–Crippen MR) is 63.9 cm³/mol. The van der Waals surface area contributed by atoms with E-state index in [0.717, 1.165) is 12.8 Å². The highest BCUT2D eigenvalue weighted by Crippen LogP contribution is 2.35. The Bertz CT molecular complexity index is 416. The summed E-state index contributed by atoms with van der Waals surface area (Å²) in [5.41, 5.74) is 0. The summed E-state index contributed by atoms with van der Waals surface area (Å²) in [4.78, 5) is 0. The van der Waals surface area contributed by atoms with Crippen molar-refractivity contribution in [2.24, 2.45) is 5.92 Å². The van der Waals surface area contributed by atoms with E-state index >= 15 is 0 Å². The van der Waals surface area contributed by atoms with E-state index in [1.165, 1.54) is 6.07 Å². The number of hydrogen-bond acceptors (Lipinski definition) is 2. The van der Waals surface area contributed by atoms with E-state index in [1.807, 2.05) is 0 Å². The van der Waals surface area contributed by atoms with Crippen LogP contribution in [0.15, 0.2) is 22.7 Å². The molecule has 1 saturated carbocycles. The Hall–Kier alpha value is -0.910. The van der Waals surface area contributed by atoms with Crippen LogP contribution in [0.2, 0.25) is 0 Å². The van der Waals surface area contributed by atoms with Gasteiger partial charge in [0.25, 0.3) is 0 Å². The van der Waals surface area contributed by atoms with E-state index in [9.17, 15) is 13.2 Å². The van der Waals surface area contributed by atoms with E-state index in [1.54, 1.807) is 12.1 Å². The molecule has 1 aliphatic rings. The van der Waals surface area contributed by atoms with Crippen molar-refractivity contribution in [3.63, 3.8) is 0 Å². The fourth-order valence-corrected chi connectivity index (χ4v) is 1.71. The monoisotopic (exact) mass is 324 g/mol. The summed E-state index contributed by atoms with van der Waals surface area (Å²) < 4.78 is 47.2. The first-order valence-electron chi connectivity index (χ1n) is 5.56. The van der Waals surface area contributed by atoms with Gasteiger partial charge in [0.1, 0.15) is 0 Å². The zero-order chi connectivity index (χ0) is 13.2. The third-order valence-corrected chi connectivity index (χ3v) is 2.96. The Morgan fingerprint density at radius 3 is 2.50 bits per heavy atom. The van der Waals surface area contributed by atoms with Crippen molar-refractivity contribution in [3.05, 3.63) is 22.7 Å². The van der Waals surface area contributed by atoms with Gasteiger partial charge in [0.2, 0.25) is 0 Å². The number of halogens is 4. The molecule has 0 aliphatic heterocycles. The molecule has 2 rings (SSSR count). The molecule has 0 unspecified atom stereocenters. The normalized spacial score (nSPS) is 15.6. The smallest absolute Gasteiger partial charge is 0.422 e. The van der Waals surface area contributed by atoms with Crippen molar-refractivity contribution in [1.29, 1.82) is 0 Å². The second-order valence-corrected chi connectivity index (χ2v) is 5.16.